The van der Waals surface area contributed by atoms with Crippen molar-refractivity contribution in [3.05, 3.63) is 60.1 Å². The van der Waals surface area contributed by atoms with Crippen molar-refractivity contribution >= 4 is 23.7 Å². The van der Waals surface area contributed by atoms with Crippen LogP contribution in [0.5, 0.6) is 0 Å². The summed E-state index contributed by atoms with van der Waals surface area (Å²) in [7, 11) is 0. The SMILES string of the molecule is CC1CC1c1ccc(/C=C/C(=O)NC2CCN(C(=O)Nc3ccccc3)CC2)o1. The van der Waals surface area contributed by atoms with E-state index in [4.69, 9.17) is 4.42 Å². The van der Waals surface area contributed by atoms with Crippen LogP contribution in [0.15, 0.2) is 53.0 Å². The second-order valence-electron chi connectivity index (χ2n) is 7.96. The lowest BCUT2D eigenvalue weighted by Crippen LogP contribution is -2.47. The molecule has 2 atom stereocenters. The third kappa shape index (κ3) is 5.08. The van der Waals surface area contributed by atoms with Crippen molar-refractivity contribution in [1.82, 2.24) is 10.2 Å². The Labute approximate surface area is 171 Å². The molecule has 6 nitrogen and oxygen atoms in total. The van der Waals surface area contributed by atoms with E-state index in [0.29, 0.717) is 30.7 Å². The first-order valence-electron chi connectivity index (χ1n) is 10.3. The molecule has 0 bridgehead atoms. The Morgan fingerprint density at radius 2 is 1.83 bits per heavy atom. The van der Waals surface area contributed by atoms with E-state index in [9.17, 15) is 9.59 Å². The molecule has 6 heteroatoms. The molecule has 4 rings (SSSR count). The molecule has 152 valence electrons. The molecule has 2 aromatic rings. The molecule has 1 aromatic carbocycles. The number of hydrogen-bond donors (Lipinski definition) is 2. The first-order valence-corrected chi connectivity index (χ1v) is 10.3. The highest BCUT2D eigenvalue weighted by Gasteiger charge is 2.36. The van der Waals surface area contributed by atoms with Crippen molar-refractivity contribution in [2.75, 3.05) is 18.4 Å². The molecule has 1 saturated heterocycles. The van der Waals surface area contributed by atoms with Crippen LogP contribution in [0.2, 0.25) is 0 Å². The second-order valence-corrected chi connectivity index (χ2v) is 7.96. The van der Waals surface area contributed by atoms with E-state index in [1.54, 1.807) is 11.0 Å². The fourth-order valence-corrected chi connectivity index (χ4v) is 3.73. The van der Waals surface area contributed by atoms with E-state index < -0.39 is 0 Å². The number of benzene rings is 1. The van der Waals surface area contributed by atoms with Crippen molar-refractivity contribution in [3.8, 4) is 0 Å². The molecule has 1 aliphatic heterocycles. The largest absolute Gasteiger partial charge is 0.461 e. The molecule has 2 fully saturated rings. The summed E-state index contributed by atoms with van der Waals surface area (Å²) in [5.41, 5.74) is 0.787. The molecule has 2 aliphatic rings. The first kappa shape index (κ1) is 19.3. The van der Waals surface area contributed by atoms with Gasteiger partial charge >= 0.3 is 6.03 Å². The molecular formula is C23H27N3O3. The summed E-state index contributed by atoms with van der Waals surface area (Å²) in [5.74, 6) is 2.83. The van der Waals surface area contributed by atoms with Gasteiger partial charge in [0.1, 0.15) is 11.5 Å². The van der Waals surface area contributed by atoms with Crippen molar-refractivity contribution in [2.45, 2.75) is 38.1 Å². The Morgan fingerprint density at radius 1 is 1.10 bits per heavy atom. The van der Waals surface area contributed by atoms with E-state index in [0.717, 1.165) is 24.3 Å². The van der Waals surface area contributed by atoms with Gasteiger partial charge in [-0.05, 0) is 55.5 Å². The first-order chi connectivity index (χ1) is 14.1. The van der Waals surface area contributed by atoms with Gasteiger partial charge in [-0.15, -0.1) is 0 Å². The van der Waals surface area contributed by atoms with Gasteiger partial charge in [-0.3, -0.25) is 4.79 Å². The van der Waals surface area contributed by atoms with Crippen LogP contribution < -0.4 is 10.6 Å². The number of urea groups is 1. The molecule has 1 aromatic heterocycles. The van der Waals surface area contributed by atoms with Gasteiger partial charge < -0.3 is 20.0 Å². The number of piperidine rings is 1. The number of hydrogen-bond acceptors (Lipinski definition) is 3. The van der Waals surface area contributed by atoms with Gasteiger partial charge in [-0.2, -0.15) is 0 Å². The Kier molecular flexibility index (Phi) is 5.69. The van der Waals surface area contributed by atoms with Crippen LogP contribution in [0.25, 0.3) is 6.08 Å². The third-order valence-electron chi connectivity index (χ3n) is 5.68. The summed E-state index contributed by atoms with van der Waals surface area (Å²) in [6.07, 6.45) is 5.90. The fourth-order valence-electron chi connectivity index (χ4n) is 3.73. The molecule has 29 heavy (non-hydrogen) atoms. The Morgan fingerprint density at radius 3 is 2.52 bits per heavy atom. The van der Waals surface area contributed by atoms with Gasteiger partial charge in [0, 0.05) is 36.8 Å². The number of nitrogens with one attached hydrogen (secondary N) is 2. The number of rotatable bonds is 5. The standard InChI is InChI=1S/C23H27N3O3/c1-16-15-20(16)21-9-7-19(29-21)8-10-22(27)24-18-11-13-26(14-12-18)23(28)25-17-5-3-2-4-6-17/h2-10,16,18,20H,11-15H2,1H3,(H,24,27)(H,25,28)/b10-8+. The Bertz CT molecular complexity index is 882. The van der Waals surface area contributed by atoms with Crippen LogP contribution in [0.1, 0.15) is 43.6 Å². The highest BCUT2D eigenvalue weighted by atomic mass is 16.3. The van der Waals surface area contributed by atoms with E-state index in [1.807, 2.05) is 42.5 Å². The molecule has 1 saturated carbocycles. The minimum atomic E-state index is -0.130. The third-order valence-corrected chi connectivity index (χ3v) is 5.68. The zero-order chi connectivity index (χ0) is 20.2. The normalized spacial score (nSPS) is 21.9. The van der Waals surface area contributed by atoms with Crippen molar-refractivity contribution < 1.29 is 14.0 Å². The lowest BCUT2D eigenvalue weighted by Gasteiger charge is -2.32. The van der Waals surface area contributed by atoms with Crippen LogP contribution in [0, 0.1) is 5.92 Å². The molecule has 2 heterocycles. The summed E-state index contributed by atoms with van der Waals surface area (Å²) >= 11 is 0. The van der Waals surface area contributed by atoms with Gasteiger partial charge in [0.2, 0.25) is 5.91 Å². The molecule has 0 spiro atoms. The van der Waals surface area contributed by atoms with E-state index >= 15 is 0 Å². The number of nitrogens with zero attached hydrogens (tertiary/aromatic N) is 1. The molecule has 2 unspecified atom stereocenters. The number of furan rings is 1. The number of likely N-dealkylation sites (tertiary alicyclic amines) is 1. The Balaban J connectivity index is 1.20. The number of carbonyl (C=O) groups is 2. The van der Waals surface area contributed by atoms with Crippen LogP contribution >= 0.6 is 0 Å². The highest BCUT2D eigenvalue weighted by Crippen LogP contribution is 2.47. The average Bonchev–Trinajstić information content (AvgIpc) is 3.27. The maximum Gasteiger partial charge on any atom is 0.321 e. The average molecular weight is 393 g/mol. The predicted octanol–water partition coefficient (Wildman–Crippen LogP) is 4.23. The topological polar surface area (TPSA) is 74.6 Å². The predicted molar refractivity (Wildman–Crippen MR) is 112 cm³/mol. The van der Waals surface area contributed by atoms with Gasteiger partial charge in [0.05, 0.1) is 0 Å². The smallest absolute Gasteiger partial charge is 0.321 e. The number of para-hydroxylation sites is 1. The summed E-state index contributed by atoms with van der Waals surface area (Å²) in [5, 5.41) is 5.92. The van der Waals surface area contributed by atoms with Crippen LogP contribution in [-0.4, -0.2) is 36.0 Å². The quantitative estimate of drug-likeness (QED) is 0.747. The summed E-state index contributed by atoms with van der Waals surface area (Å²) < 4.78 is 5.79. The van der Waals surface area contributed by atoms with Gasteiger partial charge in [-0.25, -0.2) is 4.79 Å². The Hall–Kier alpha value is -3.02. The van der Waals surface area contributed by atoms with Crippen molar-refractivity contribution in [2.24, 2.45) is 5.92 Å². The summed E-state index contributed by atoms with van der Waals surface area (Å²) in [6.45, 7) is 3.45. The lowest BCUT2D eigenvalue weighted by atomic mass is 10.1. The van der Waals surface area contributed by atoms with Gasteiger partial charge in [0.15, 0.2) is 0 Å². The second kappa shape index (κ2) is 8.55. The molecule has 3 amide bonds. The van der Waals surface area contributed by atoms with Crippen molar-refractivity contribution in [3.63, 3.8) is 0 Å². The van der Waals surface area contributed by atoms with Crippen LogP contribution in [0.3, 0.4) is 0 Å². The van der Waals surface area contributed by atoms with Gasteiger partial charge in [-0.1, -0.05) is 25.1 Å². The molecule has 0 radical (unpaired) electrons. The van der Waals surface area contributed by atoms with Crippen LogP contribution in [0.4, 0.5) is 10.5 Å². The van der Waals surface area contributed by atoms with E-state index in [-0.39, 0.29) is 18.0 Å². The molecule has 2 N–H and O–H groups in total. The maximum absolute atomic E-state index is 12.3. The lowest BCUT2D eigenvalue weighted by molar-refractivity contribution is -0.117. The fraction of sp³-hybridized carbons (Fsp3) is 0.391. The summed E-state index contributed by atoms with van der Waals surface area (Å²) in [4.78, 5) is 26.3. The number of carbonyl (C=O) groups excluding carboxylic acids is 2. The minimum Gasteiger partial charge on any atom is -0.461 e. The molecule has 1 aliphatic carbocycles. The number of amides is 3. The van der Waals surface area contributed by atoms with Crippen molar-refractivity contribution in [1.29, 1.82) is 0 Å². The minimum absolute atomic E-state index is 0.0763. The zero-order valence-electron chi connectivity index (χ0n) is 16.6. The maximum atomic E-state index is 12.3. The molecular weight excluding hydrogens is 366 g/mol. The number of anilines is 1. The van der Waals surface area contributed by atoms with Gasteiger partial charge in [0.25, 0.3) is 0 Å². The summed E-state index contributed by atoms with van der Waals surface area (Å²) in [6, 6.07) is 13.3. The van der Waals surface area contributed by atoms with Crippen LogP contribution in [-0.2, 0) is 4.79 Å². The zero-order valence-corrected chi connectivity index (χ0v) is 16.6. The van der Waals surface area contributed by atoms with E-state index in [2.05, 4.69) is 17.6 Å². The highest BCUT2D eigenvalue weighted by molar-refractivity contribution is 5.91. The monoisotopic (exact) mass is 393 g/mol. The van der Waals surface area contributed by atoms with E-state index in [1.165, 1.54) is 12.5 Å².